The van der Waals surface area contributed by atoms with Crippen LogP contribution in [0.15, 0.2) is 23.2 Å². The molecule has 27 heavy (non-hydrogen) atoms. The van der Waals surface area contributed by atoms with E-state index >= 15 is 0 Å². The van der Waals surface area contributed by atoms with E-state index in [1.807, 2.05) is 6.07 Å². The van der Waals surface area contributed by atoms with Crippen LogP contribution < -0.4 is 10.6 Å². The normalized spacial score (nSPS) is 14.7. The summed E-state index contributed by atoms with van der Waals surface area (Å²) in [7, 11) is 1.64. The molecule has 1 saturated heterocycles. The summed E-state index contributed by atoms with van der Waals surface area (Å²) in [5.41, 5.74) is 0.821. The molecular weight excluding hydrogens is 464 g/mol. The third kappa shape index (κ3) is 6.86. The first kappa shape index (κ1) is 23.0. The van der Waals surface area contributed by atoms with E-state index < -0.39 is 0 Å². The van der Waals surface area contributed by atoms with E-state index in [-0.39, 0.29) is 48.5 Å². The van der Waals surface area contributed by atoms with Crippen molar-refractivity contribution >= 4 is 36.0 Å². The van der Waals surface area contributed by atoms with Crippen LogP contribution in [0.2, 0.25) is 0 Å². The number of nitrogens with zero attached hydrogens (tertiary/aromatic N) is 3. The van der Waals surface area contributed by atoms with Gasteiger partial charge < -0.3 is 20.3 Å². The fourth-order valence-electron chi connectivity index (χ4n) is 2.77. The van der Waals surface area contributed by atoms with Crippen molar-refractivity contribution < 1.29 is 13.9 Å². The molecule has 2 N–H and O–H groups in total. The van der Waals surface area contributed by atoms with Crippen LogP contribution >= 0.6 is 24.0 Å². The fourth-order valence-corrected chi connectivity index (χ4v) is 2.77. The van der Waals surface area contributed by atoms with Gasteiger partial charge in [0, 0.05) is 38.3 Å². The van der Waals surface area contributed by atoms with Crippen LogP contribution in [-0.4, -0.2) is 49.7 Å². The van der Waals surface area contributed by atoms with Gasteiger partial charge in [-0.25, -0.2) is 9.18 Å². The second-order valence-corrected chi connectivity index (χ2v) is 5.95. The number of guanidine groups is 1. The molecule has 2 rings (SSSR count). The molecule has 7 nitrogen and oxygen atoms in total. The van der Waals surface area contributed by atoms with Crippen LogP contribution in [-0.2, 0) is 11.3 Å². The number of ether oxygens (including phenoxy) is 1. The zero-order valence-electron chi connectivity index (χ0n) is 15.5. The third-order valence-corrected chi connectivity index (χ3v) is 4.21. The molecule has 1 aliphatic heterocycles. The molecule has 1 aliphatic rings. The Morgan fingerprint density at radius 3 is 2.74 bits per heavy atom. The number of benzene rings is 1. The van der Waals surface area contributed by atoms with Gasteiger partial charge in [-0.15, -0.1) is 24.0 Å². The predicted octanol–water partition coefficient (Wildman–Crippen LogP) is 2.60. The lowest BCUT2D eigenvalue weighted by Crippen LogP contribution is -2.49. The summed E-state index contributed by atoms with van der Waals surface area (Å²) in [6.07, 6.45) is 1.27. The Hall–Kier alpha value is -2.09. The second kappa shape index (κ2) is 11.6. The second-order valence-electron chi connectivity index (χ2n) is 5.95. The van der Waals surface area contributed by atoms with Gasteiger partial charge in [-0.2, -0.15) is 5.26 Å². The highest BCUT2D eigenvalue weighted by Gasteiger charge is 2.24. The maximum atomic E-state index is 13.8. The number of amides is 1. The van der Waals surface area contributed by atoms with Crippen molar-refractivity contribution in [2.75, 3.05) is 26.7 Å². The van der Waals surface area contributed by atoms with Crippen LogP contribution in [0.4, 0.5) is 9.18 Å². The monoisotopic (exact) mass is 489 g/mol. The highest BCUT2D eigenvalue weighted by atomic mass is 127. The molecule has 1 heterocycles. The molecule has 1 fully saturated rings. The molecule has 0 unspecified atom stereocenters. The molecule has 148 valence electrons. The number of aliphatic imine (C=N–C) groups is 1. The summed E-state index contributed by atoms with van der Waals surface area (Å²) in [6, 6.07) is 6.43. The van der Waals surface area contributed by atoms with Gasteiger partial charge in [0.15, 0.2) is 5.96 Å². The van der Waals surface area contributed by atoms with Crippen molar-refractivity contribution in [2.45, 2.75) is 32.4 Å². The lowest BCUT2D eigenvalue weighted by molar-refractivity contribution is 0.0963. The molecule has 1 aromatic carbocycles. The van der Waals surface area contributed by atoms with E-state index in [0.29, 0.717) is 36.8 Å². The smallest absolute Gasteiger partial charge is 0.409 e. The SMILES string of the molecule is CCOC(=O)N1CCC(NC(=NC)NCc2cc(C#N)ccc2F)CC1.I. The zero-order valence-corrected chi connectivity index (χ0v) is 17.8. The maximum absolute atomic E-state index is 13.8. The molecule has 0 aromatic heterocycles. The van der Waals surface area contributed by atoms with Gasteiger partial charge in [0.25, 0.3) is 0 Å². The number of hydrogen-bond donors (Lipinski definition) is 2. The van der Waals surface area contributed by atoms with Crippen LogP contribution in [0, 0.1) is 17.1 Å². The van der Waals surface area contributed by atoms with Gasteiger partial charge in [-0.1, -0.05) is 0 Å². The number of carbonyl (C=O) groups is 1. The molecule has 0 atom stereocenters. The summed E-state index contributed by atoms with van der Waals surface area (Å²) >= 11 is 0. The van der Waals surface area contributed by atoms with Gasteiger partial charge in [0.2, 0.25) is 0 Å². The minimum atomic E-state index is -0.366. The maximum Gasteiger partial charge on any atom is 0.409 e. The first-order valence-corrected chi connectivity index (χ1v) is 8.64. The largest absolute Gasteiger partial charge is 0.450 e. The number of halogens is 2. The Balaban J connectivity index is 0.00000364. The molecule has 9 heteroatoms. The van der Waals surface area contributed by atoms with Gasteiger partial charge in [0.1, 0.15) is 5.82 Å². The van der Waals surface area contributed by atoms with E-state index in [0.717, 1.165) is 12.8 Å². The van der Waals surface area contributed by atoms with Crippen LogP contribution in [0.25, 0.3) is 0 Å². The van der Waals surface area contributed by atoms with Gasteiger partial charge in [0.05, 0.1) is 18.2 Å². The number of carbonyl (C=O) groups excluding carboxylic acids is 1. The first-order valence-electron chi connectivity index (χ1n) is 8.64. The number of nitriles is 1. The number of likely N-dealkylation sites (tertiary alicyclic amines) is 1. The average Bonchev–Trinajstić information content (AvgIpc) is 2.66. The van der Waals surface area contributed by atoms with Gasteiger partial charge in [-0.3, -0.25) is 4.99 Å². The summed E-state index contributed by atoms with van der Waals surface area (Å²) in [6.45, 7) is 3.62. The van der Waals surface area contributed by atoms with E-state index in [2.05, 4.69) is 15.6 Å². The minimum Gasteiger partial charge on any atom is -0.450 e. The van der Waals surface area contributed by atoms with Crippen LogP contribution in [0.3, 0.4) is 0 Å². The van der Waals surface area contributed by atoms with Crippen LogP contribution in [0.1, 0.15) is 30.9 Å². The molecule has 1 aromatic rings. The Bertz CT molecular complexity index is 699. The lowest BCUT2D eigenvalue weighted by atomic mass is 10.1. The molecule has 0 aliphatic carbocycles. The highest BCUT2D eigenvalue weighted by Crippen LogP contribution is 2.12. The molecule has 0 bridgehead atoms. The van der Waals surface area contributed by atoms with Crippen molar-refractivity contribution in [1.82, 2.24) is 15.5 Å². The average molecular weight is 489 g/mol. The summed E-state index contributed by atoms with van der Waals surface area (Å²) in [5, 5.41) is 15.3. The number of hydrogen-bond acceptors (Lipinski definition) is 4. The summed E-state index contributed by atoms with van der Waals surface area (Å²) in [5.74, 6) is 0.191. The summed E-state index contributed by atoms with van der Waals surface area (Å²) in [4.78, 5) is 17.6. The van der Waals surface area contributed by atoms with Crippen molar-refractivity contribution in [3.05, 3.63) is 35.1 Å². The van der Waals surface area contributed by atoms with E-state index in [1.165, 1.54) is 18.2 Å². The van der Waals surface area contributed by atoms with E-state index in [9.17, 15) is 9.18 Å². The highest BCUT2D eigenvalue weighted by molar-refractivity contribution is 14.0. The van der Waals surface area contributed by atoms with Gasteiger partial charge in [-0.05, 0) is 38.0 Å². The molecule has 1 amide bonds. The summed E-state index contributed by atoms with van der Waals surface area (Å²) < 4.78 is 18.9. The first-order chi connectivity index (χ1) is 12.6. The minimum absolute atomic E-state index is 0. The Labute approximate surface area is 176 Å². The Kier molecular flexibility index (Phi) is 9.85. The Morgan fingerprint density at radius 1 is 1.44 bits per heavy atom. The lowest BCUT2D eigenvalue weighted by Gasteiger charge is -2.32. The molecular formula is C18H25FIN5O2. The van der Waals surface area contributed by atoms with E-state index in [1.54, 1.807) is 18.9 Å². The number of piperidine rings is 1. The van der Waals surface area contributed by atoms with Gasteiger partial charge >= 0.3 is 6.09 Å². The van der Waals surface area contributed by atoms with Crippen molar-refractivity contribution in [3.63, 3.8) is 0 Å². The standard InChI is InChI=1S/C18H24FN5O2.HI/c1-3-26-18(25)24-8-6-15(7-9-24)23-17(21-2)22-12-14-10-13(11-20)4-5-16(14)19;/h4-5,10,15H,3,6-9,12H2,1-2H3,(H2,21,22,23);1H. The predicted molar refractivity (Wildman–Crippen MR) is 111 cm³/mol. The molecule has 0 saturated carbocycles. The van der Waals surface area contributed by atoms with Crippen molar-refractivity contribution in [1.29, 1.82) is 5.26 Å². The number of nitrogens with one attached hydrogen (secondary N) is 2. The molecule has 0 radical (unpaired) electrons. The Morgan fingerprint density at radius 2 is 2.15 bits per heavy atom. The third-order valence-electron chi connectivity index (χ3n) is 4.21. The van der Waals surface area contributed by atoms with Crippen molar-refractivity contribution in [2.24, 2.45) is 4.99 Å². The van der Waals surface area contributed by atoms with Crippen molar-refractivity contribution in [3.8, 4) is 6.07 Å². The molecule has 0 spiro atoms. The fraction of sp³-hybridized carbons (Fsp3) is 0.500. The zero-order chi connectivity index (χ0) is 18.9. The van der Waals surface area contributed by atoms with E-state index in [4.69, 9.17) is 10.00 Å². The van der Waals surface area contributed by atoms with Crippen LogP contribution in [0.5, 0.6) is 0 Å². The number of rotatable bonds is 4. The topological polar surface area (TPSA) is 89.8 Å². The quantitative estimate of drug-likeness (QED) is 0.386.